The fraction of sp³-hybridized carbons (Fsp3) is 0.611. The number of rotatable bonds is 4. The Kier molecular flexibility index (Phi) is 5.79. The molecule has 6 heteroatoms. The van der Waals surface area contributed by atoms with Crippen molar-refractivity contribution in [3.63, 3.8) is 0 Å². The van der Waals surface area contributed by atoms with Crippen LogP contribution in [0.15, 0.2) is 0 Å². The van der Waals surface area contributed by atoms with Crippen LogP contribution in [0.4, 0.5) is 5.82 Å². The molecule has 0 unspecified atom stereocenters. The van der Waals surface area contributed by atoms with Gasteiger partial charge in [-0.1, -0.05) is 5.92 Å². The summed E-state index contributed by atoms with van der Waals surface area (Å²) < 4.78 is 0. The van der Waals surface area contributed by atoms with Gasteiger partial charge in [-0.25, -0.2) is 9.97 Å². The summed E-state index contributed by atoms with van der Waals surface area (Å²) in [6.45, 7) is 7.97. The maximum absolute atomic E-state index is 12.6. The van der Waals surface area contributed by atoms with Crippen molar-refractivity contribution in [2.75, 3.05) is 45.7 Å². The van der Waals surface area contributed by atoms with E-state index in [2.05, 4.69) is 45.7 Å². The Morgan fingerprint density at radius 1 is 1.29 bits per heavy atom. The van der Waals surface area contributed by atoms with Crippen LogP contribution in [0, 0.1) is 25.7 Å². The van der Waals surface area contributed by atoms with Crippen LogP contribution in [-0.2, 0) is 0 Å². The summed E-state index contributed by atoms with van der Waals surface area (Å²) in [5.41, 5.74) is 1.90. The predicted octanol–water partition coefficient (Wildman–Crippen LogP) is 1.33. The Labute approximate surface area is 144 Å². The van der Waals surface area contributed by atoms with Crippen molar-refractivity contribution in [3.8, 4) is 11.8 Å². The second-order valence-electron chi connectivity index (χ2n) is 6.52. The maximum atomic E-state index is 12.6. The molecule has 0 radical (unpaired) electrons. The number of likely N-dealkylation sites (N-methyl/N-ethyl adjacent to an activating group) is 1. The average molecular weight is 329 g/mol. The molecule has 1 aliphatic rings. The minimum Gasteiger partial charge on any atom is -0.355 e. The van der Waals surface area contributed by atoms with Gasteiger partial charge in [0.25, 0.3) is 5.91 Å². The first-order valence-corrected chi connectivity index (χ1v) is 8.26. The molecule has 0 aromatic carbocycles. The number of amides is 1. The number of hydrogen-bond donors (Lipinski definition) is 0. The van der Waals surface area contributed by atoms with Crippen molar-refractivity contribution >= 4 is 11.7 Å². The number of carbonyl (C=O) groups is 1. The molecule has 6 nitrogen and oxygen atoms in total. The van der Waals surface area contributed by atoms with Gasteiger partial charge in [0.05, 0.1) is 6.54 Å². The van der Waals surface area contributed by atoms with E-state index in [0.29, 0.717) is 12.6 Å². The first-order chi connectivity index (χ1) is 11.3. The SMILES string of the molecule is CC#CCN(C)C(=O)c1nc(C)c(C)c(N2CC[C@@H](N(C)C)C2)n1. The number of carbonyl (C=O) groups excluding carboxylic acids is 1. The zero-order chi connectivity index (χ0) is 17.9. The van der Waals surface area contributed by atoms with Crippen LogP contribution in [0.2, 0.25) is 0 Å². The maximum Gasteiger partial charge on any atom is 0.292 e. The molecule has 0 N–H and O–H groups in total. The monoisotopic (exact) mass is 329 g/mol. The lowest BCUT2D eigenvalue weighted by molar-refractivity contribution is 0.0800. The standard InChI is InChI=1S/C18H27N5O/c1-7-8-10-22(6)18(24)16-19-14(3)13(2)17(20-16)23-11-9-15(12-23)21(4)5/h15H,9-12H2,1-6H3/t15-/m1/s1. The molecule has 2 rings (SSSR count). The van der Waals surface area contributed by atoms with Gasteiger partial charge in [0.15, 0.2) is 0 Å². The van der Waals surface area contributed by atoms with Gasteiger partial charge in [0.1, 0.15) is 5.82 Å². The van der Waals surface area contributed by atoms with Crippen LogP contribution < -0.4 is 4.90 Å². The molecule has 2 heterocycles. The Balaban J connectivity index is 2.28. The van der Waals surface area contributed by atoms with E-state index < -0.39 is 0 Å². The van der Waals surface area contributed by atoms with E-state index in [0.717, 1.165) is 36.6 Å². The Morgan fingerprint density at radius 3 is 2.58 bits per heavy atom. The molecule has 1 saturated heterocycles. The first-order valence-electron chi connectivity index (χ1n) is 8.26. The van der Waals surface area contributed by atoms with Gasteiger partial charge >= 0.3 is 0 Å². The van der Waals surface area contributed by atoms with Gasteiger partial charge in [-0.2, -0.15) is 0 Å². The van der Waals surface area contributed by atoms with Gasteiger partial charge < -0.3 is 14.7 Å². The molecule has 1 fully saturated rings. The number of aryl methyl sites for hydroxylation is 1. The van der Waals surface area contributed by atoms with Gasteiger partial charge in [0.2, 0.25) is 5.82 Å². The second-order valence-corrected chi connectivity index (χ2v) is 6.52. The quantitative estimate of drug-likeness (QED) is 0.780. The van der Waals surface area contributed by atoms with Crippen LogP contribution in [0.25, 0.3) is 0 Å². The smallest absolute Gasteiger partial charge is 0.292 e. The molecular formula is C18H27N5O. The van der Waals surface area contributed by atoms with Crippen molar-refractivity contribution in [1.29, 1.82) is 0 Å². The van der Waals surface area contributed by atoms with Crippen LogP contribution in [0.5, 0.6) is 0 Å². The molecule has 24 heavy (non-hydrogen) atoms. The lowest BCUT2D eigenvalue weighted by Crippen LogP contribution is -2.33. The van der Waals surface area contributed by atoms with Gasteiger partial charge in [0, 0.05) is 37.4 Å². The van der Waals surface area contributed by atoms with Crippen LogP contribution in [0.3, 0.4) is 0 Å². The molecule has 0 aliphatic carbocycles. The molecule has 1 amide bonds. The highest BCUT2D eigenvalue weighted by Gasteiger charge is 2.28. The van der Waals surface area contributed by atoms with Crippen molar-refractivity contribution in [3.05, 3.63) is 17.1 Å². The van der Waals surface area contributed by atoms with E-state index in [9.17, 15) is 4.79 Å². The fourth-order valence-corrected chi connectivity index (χ4v) is 2.81. The highest BCUT2D eigenvalue weighted by atomic mass is 16.2. The van der Waals surface area contributed by atoms with E-state index in [1.54, 1.807) is 18.9 Å². The van der Waals surface area contributed by atoms with Crippen molar-refractivity contribution in [2.24, 2.45) is 0 Å². The normalized spacial score (nSPS) is 17.0. The summed E-state index contributed by atoms with van der Waals surface area (Å²) in [5.74, 6) is 6.64. The minimum atomic E-state index is -0.189. The van der Waals surface area contributed by atoms with E-state index in [-0.39, 0.29) is 11.7 Å². The fourth-order valence-electron chi connectivity index (χ4n) is 2.81. The molecule has 0 saturated carbocycles. The van der Waals surface area contributed by atoms with Gasteiger partial charge in [-0.3, -0.25) is 4.79 Å². The minimum absolute atomic E-state index is 0.189. The number of aromatic nitrogens is 2. The largest absolute Gasteiger partial charge is 0.355 e. The lowest BCUT2D eigenvalue weighted by Gasteiger charge is -2.23. The summed E-state index contributed by atoms with van der Waals surface area (Å²) >= 11 is 0. The van der Waals surface area contributed by atoms with Crippen LogP contribution in [-0.4, -0.2) is 72.5 Å². The topological polar surface area (TPSA) is 52.6 Å². The molecule has 1 aliphatic heterocycles. The third-order valence-corrected chi connectivity index (χ3v) is 4.59. The lowest BCUT2D eigenvalue weighted by atomic mass is 10.2. The third-order valence-electron chi connectivity index (χ3n) is 4.59. The summed E-state index contributed by atoms with van der Waals surface area (Å²) in [7, 11) is 5.93. The molecular weight excluding hydrogens is 302 g/mol. The molecule has 0 spiro atoms. The summed E-state index contributed by atoms with van der Waals surface area (Å²) in [4.78, 5) is 27.6. The Bertz CT molecular complexity index is 674. The summed E-state index contributed by atoms with van der Waals surface area (Å²) in [6, 6.07) is 0.515. The summed E-state index contributed by atoms with van der Waals surface area (Å²) in [6.07, 6.45) is 1.10. The van der Waals surface area contributed by atoms with Crippen LogP contribution >= 0.6 is 0 Å². The predicted molar refractivity (Wildman–Crippen MR) is 96.2 cm³/mol. The van der Waals surface area contributed by atoms with Gasteiger partial charge in [-0.05, 0) is 41.3 Å². The zero-order valence-electron chi connectivity index (χ0n) is 15.6. The summed E-state index contributed by atoms with van der Waals surface area (Å²) in [5, 5.41) is 0. The molecule has 130 valence electrons. The highest BCUT2D eigenvalue weighted by Crippen LogP contribution is 2.25. The van der Waals surface area contributed by atoms with Crippen LogP contribution in [0.1, 0.15) is 35.2 Å². The average Bonchev–Trinajstić information content (AvgIpc) is 3.04. The van der Waals surface area contributed by atoms with E-state index in [1.165, 1.54) is 0 Å². The Hall–Kier alpha value is -2.13. The van der Waals surface area contributed by atoms with E-state index in [4.69, 9.17) is 0 Å². The number of anilines is 1. The van der Waals surface area contributed by atoms with Gasteiger partial charge in [-0.15, -0.1) is 5.92 Å². The molecule has 0 bridgehead atoms. The molecule has 1 aromatic heterocycles. The second kappa shape index (κ2) is 7.63. The van der Waals surface area contributed by atoms with Crippen molar-refractivity contribution in [1.82, 2.24) is 19.8 Å². The molecule has 1 atom stereocenters. The highest BCUT2D eigenvalue weighted by molar-refractivity contribution is 5.91. The van der Waals surface area contributed by atoms with Crippen molar-refractivity contribution in [2.45, 2.75) is 33.2 Å². The van der Waals surface area contributed by atoms with E-state index in [1.807, 2.05) is 13.8 Å². The third kappa shape index (κ3) is 3.85. The Morgan fingerprint density at radius 2 is 2.00 bits per heavy atom. The number of nitrogens with zero attached hydrogens (tertiary/aromatic N) is 5. The first kappa shape index (κ1) is 18.2. The zero-order valence-corrected chi connectivity index (χ0v) is 15.6. The number of hydrogen-bond acceptors (Lipinski definition) is 5. The van der Waals surface area contributed by atoms with E-state index >= 15 is 0 Å². The van der Waals surface area contributed by atoms with Crippen molar-refractivity contribution < 1.29 is 4.79 Å². The molecule has 1 aromatic rings.